The van der Waals surface area contributed by atoms with Crippen molar-refractivity contribution in [3.05, 3.63) is 79.8 Å². The first-order chi connectivity index (χ1) is 15.4. The van der Waals surface area contributed by atoms with Crippen LogP contribution in [-0.2, 0) is 6.54 Å². The van der Waals surface area contributed by atoms with Gasteiger partial charge in [0.1, 0.15) is 5.82 Å². The van der Waals surface area contributed by atoms with Gasteiger partial charge in [-0.15, -0.1) is 0 Å². The van der Waals surface area contributed by atoms with Gasteiger partial charge >= 0.3 is 0 Å². The van der Waals surface area contributed by atoms with E-state index >= 15 is 0 Å². The van der Waals surface area contributed by atoms with Gasteiger partial charge in [-0.2, -0.15) is 9.61 Å². The van der Waals surface area contributed by atoms with Gasteiger partial charge in [-0.1, -0.05) is 59.1 Å². The average molecular weight is 554 g/mol. The van der Waals surface area contributed by atoms with Crippen molar-refractivity contribution in [2.75, 3.05) is 25.5 Å². The molecular weight excluding hydrogens is 533 g/mol. The summed E-state index contributed by atoms with van der Waals surface area (Å²) >= 11 is 22.1. The van der Waals surface area contributed by atoms with E-state index < -0.39 is 0 Å². The molecule has 0 fully saturated rings. The first kappa shape index (κ1) is 23.3. The van der Waals surface area contributed by atoms with Crippen LogP contribution in [0.3, 0.4) is 0 Å². The number of fused-ring (bicyclic) bond motifs is 1. The molecule has 0 spiro atoms. The molecule has 2 aromatic heterocycles. The summed E-state index contributed by atoms with van der Waals surface area (Å²) in [5.41, 5.74) is 3.55. The maximum absolute atomic E-state index is 6.41. The molecule has 5 nitrogen and oxygen atoms in total. The van der Waals surface area contributed by atoms with E-state index in [9.17, 15) is 0 Å². The fourth-order valence-electron chi connectivity index (χ4n) is 3.46. The van der Waals surface area contributed by atoms with Crippen LogP contribution in [0.25, 0.3) is 16.9 Å². The van der Waals surface area contributed by atoms with Crippen LogP contribution in [0.4, 0.5) is 5.82 Å². The third-order valence-electron chi connectivity index (χ3n) is 5.04. The van der Waals surface area contributed by atoms with E-state index in [1.54, 1.807) is 10.7 Å². The number of hydrogen-bond acceptors (Lipinski definition) is 4. The summed E-state index contributed by atoms with van der Waals surface area (Å²) in [5, 5.41) is 9.76. The summed E-state index contributed by atoms with van der Waals surface area (Å²) in [6.07, 6.45) is 2.69. The highest BCUT2D eigenvalue weighted by Gasteiger charge is 2.13. The highest BCUT2D eigenvalue weighted by atomic mass is 79.9. The Hall–Kier alpha value is -1.83. The summed E-state index contributed by atoms with van der Waals surface area (Å²) in [4.78, 5) is 7.00. The van der Waals surface area contributed by atoms with Crippen LogP contribution >= 0.6 is 50.7 Å². The molecule has 166 valence electrons. The van der Waals surface area contributed by atoms with Gasteiger partial charge in [0.25, 0.3) is 0 Å². The Bertz CT molecular complexity index is 1240. The van der Waals surface area contributed by atoms with Gasteiger partial charge in [-0.05, 0) is 59.7 Å². The Labute approximate surface area is 210 Å². The van der Waals surface area contributed by atoms with Crippen molar-refractivity contribution in [2.24, 2.45) is 0 Å². The number of nitrogens with zero attached hydrogens (tertiary/aromatic N) is 4. The van der Waals surface area contributed by atoms with E-state index in [1.807, 2.05) is 48.5 Å². The van der Waals surface area contributed by atoms with Crippen molar-refractivity contribution < 1.29 is 0 Å². The fourth-order valence-corrected chi connectivity index (χ4v) is 4.36. The molecule has 0 unspecified atom stereocenters. The predicted molar refractivity (Wildman–Crippen MR) is 137 cm³/mol. The lowest BCUT2D eigenvalue weighted by Gasteiger charge is -2.17. The Morgan fingerprint density at radius 2 is 1.84 bits per heavy atom. The lowest BCUT2D eigenvalue weighted by Crippen LogP contribution is -2.21. The summed E-state index contributed by atoms with van der Waals surface area (Å²) in [5.74, 6) is 0.864. The minimum atomic E-state index is 0.576. The number of hydrogen-bond donors (Lipinski definition) is 1. The lowest BCUT2D eigenvalue weighted by molar-refractivity contribution is 0.325. The molecule has 0 saturated carbocycles. The Kier molecular flexibility index (Phi) is 7.59. The predicted octanol–water partition coefficient (Wildman–Crippen LogP) is 7.05. The van der Waals surface area contributed by atoms with Gasteiger partial charge in [0.15, 0.2) is 5.65 Å². The SMILES string of the molecule is CN(CCCNc1cc(-c2ccccc2Cl)nc2c(Br)cnn12)Cc1ccc(Cl)c(Cl)c1. The third-order valence-corrected chi connectivity index (χ3v) is 6.67. The zero-order valence-corrected chi connectivity index (χ0v) is 21.2. The monoisotopic (exact) mass is 551 g/mol. The normalized spacial score (nSPS) is 11.4. The quantitative estimate of drug-likeness (QED) is 0.238. The van der Waals surface area contributed by atoms with Crippen molar-refractivity contribution in [2.45, 2.75) is 13.0 Å². The van der Waals surface area contributed by atoms with Crippen molar-refractivity contribution in [1.82, 2.24) is 19.5 Å². The van der Waals surface area contributed by atoms with Gasteiger partial charge in [0.05, 0.1) is 26.4 Å². The number of anilines is 1. The molecule has 9 heteroatoms. The molecule has 2 heterocycles. The largest absolute Gasteiger partial charge is 0.370 e. The van der Waals surface area contributed by atoms with E-state index in [2.05, 4.69) is 38.3 Å². The minimum Gasteiger partial charge on any atom is -0.370 e. The minimum absolute atomic E-state index is 0.576. The highest BCUT2D eigenvalue weighted by molar-refractivity contribution is 9.10. The fraction of sp³-hybridized carbons (Fsp3) is 0.217. The molecule has 1 N–H and O–H groups in total. The van der Waals surface area contributed by atoms with Gasteiger partial charge in [-0.25, -0.2) is 4.98 Å². The molecule has 0 aliphatic carbocycles. The van der Waals surface area contributed by atoms with Crippen LogP contribution < -0.4 is 5.32 Å². The molecule has 32 heavy (non-hydrogen) atoms. The molecule has 0 bridgehead atoms. The van der Waals surface area contributed by atoms with E-state index in [0.29, 0.717) is 15.1 Å². The van der Waals surface area contributed by atoms with Gasteiger partial charge in [-0.3, -0.25) is 0 Å². The van der Waals surface area contributed by atoms with Crippen molar-refractivity contribution in [1.29, 1.82) is 0 Å². The Morgan fingerprint density at radius 3 is 2.62 bits per heavy atom. The Balaban J connectivity index is 1.42. The average Bonchev–Trinajstić information content (AvgIpc) is 3.15. The summed E-state index contributed by atoms with van der Waals surface area (Å²) in [7, 11) is 2.09. The number of aromatic nitrogens is 3. The molecule has 0 saturated heterocycles. The van der Waals surface area contributed by atoms with Crippen molar-refractivity contribution >= 4 is 62.2 Å². The molecule has 2 aromatic carbocycles. The highest BCUT2D eigenvalue weighted by Crippen LogP contribution is 2.30. The maximum atomic E-state index is 6.41. The van der Waals surface area contributed by atoms with Crippen LogP contribution in [0, 0.1) is 0 Å². The van der Waals surface area contributed by atoms with E-state index in [4.69, 9.17) is 39.8 Å². The maximum Gasteiger partial charge on any atom is 0.172 e. The summed E-state index contributed by atoms with van der Waals surface area (Å²) < 4.78 is 2.62. The topological polar surface area (TPSA) is 45.5 Å². The molecular formula is C23H21BrCl3N5. The number of halogens is 4. The Morgan fingerprint density at radius 1 is 1.03 bits per heavy atom. The second-order valence-electron chi connectivity index (χ2n) is 7.50. The molecule has 0 atom stereocenters. The number of nitrogens with one attached hydrogen (secondary N) is 1. The first-order valence-electron chi connectivity index (χ1n) is 10.1. The molecule has 0 aliphatic heterocycles. The van der Waals surface area contributed by atoms with Crippen LogP contribution in [-0.4, -0.2) is 39.6 Å². The smallest absolute Gasteiger partial charge is 0.172 e. The standard InChI is InChI=1S/C23H21BrCl3N5/c1-31(14-15-7-8-19(26)20(27)11-15)10-4-9-28-22-12-21(16-5-2-3-6-18(16)25)30-23-17(24)13-29-32(22)23/h2-3,5-8,11-13,28H,4,9-10,14H2,1H3. The lowest BCUT2D eigenvalue weighted by atomic mass is 10.1. The van der Waals surface area contributed by atoms with E-state index in [1.165, 1.54) is 0 Å². The first-order valence-corrected chi connectivity index (χ1v) is 12.0. The summed E-state index contributed by atoms with van der Waals surface area (Å²) in [6, 6.07) is 15.4. The van der Waals surface area contributed by atoms with Crippen LogP contribution in [0.2, 0.25) is 15.1 Å². The third kappa shape index (κ3) is 5.38. The van der Waals surface area contributed by atoms with E-state index in [0.717, 1.165) is 58.8 Å². The summed E-state index contributed by atoms with van der Waals surface area (Å²) in [6.45, 7) is 2.51. The zero-order chi connectivity index (χ0) is 22.7. The zero-order valence-electron chi connectivity index (χ0n) is 17.3. The molecule has 4 rings (SSSR count). The van der Waals surface area contributed by atoms with Gasteiger partial charge in [0.2, 0.25) is 0 Å². The molecule has 4 aromatic rings. The van der Waals surface area contributed by atoms with Crippen molar-refractivity contribution in [3.63, 3.8) is 0 Å². The number of rotatable bonds is 8. The van der Waals surface area contributed by atoms with Crippen LogP contribution in [0.15, 0.2) is 59.2 Å². The molecule has 0 amide bonds. The van der Waals surface area contributed by atoms with Crippen LogP contribution in [0.1, 0.15) is 12.0 Å². The van der Waals surface area contributed by atoms with Gasteiger partial charge < -0.3 is 10.2 Å². The number of benzene rings is 2. The van der Waals surface area contributed by atoms with Crippen molar-refractivity contribution in [3.8, 4) is 11.3 Å². The van der Waals surface area contributed by atoms with Crippen LogP contribution in [0.5, 0.6) is 0 Å². The molecule has 0 radical (unpaired) electrons. The van der Waals surface area contributed by atoms with Gasteiger partial charge in [0, 0.05) is 29.7 Å². The second kappa shape index (κ2) is 10.4. The van der Waals surface area contributed by atoms with E-state index in [-0.39, 0.29) is 0 Å². The second-order valence-corrected chi connectivity index (χ2v) is 9.58. The molecule has 0 aliphatic rings.